The second kappa shape index (κ2) is 3.63. The molecule has 1 atom stereocenters. The highest BCUT2D eigenvalue weighted by Gasteiger charge is 2.32. The Bertz CT molecular complexity index is 353. The normalized spacial score (nSPS) is 25.9. The molecule has 1 aliphatic carbocycles. The average Bonchev–Trinajstić information content (AvgIpc) is 2.17. The first-order valence-electron chi connectivity index (χ1n) is 4.79. The van der Waals surface area contributed by atoms with E-state index in [0.29, 0.717) is 12.8 Å². The molecule has 76 valence electrons. The summed E-state index contributed by atoms with van der Waals surface area (Å²) in [5, 5.41) is 0. The summed E-state index contributed by atoms with van der Waals surface area (Å²) in [6, 6.07) is 6.07. The number of nitrogens with two attached hydrogens (primary N) is 1. The summed E-state index contributed by atoms with van der Waals surface area (Å²) in [6.45, 7) is 0.124. The van der Waals surface area contributed by atoms with E-state index in [4.69, 9.17) is 5.73 Å². The van der Waals surface area contributed by atoms with Crippen LogP contribution in [0.15, 0.2) is 22.7 Å². The van der Waals surface area contributed by atoms with Gasteiger partial charge in [0, 0.05) is 17.4 Å². The number of hydrogen-bond acceptors (Lipinski definition) is 1. The topological polar surface area (TPSA) is 26.0 Å². The predicted octanol–water partition coefficient (Wildman–Crippen LogP) is 2.60. The maximum atomic E-state index is 14.0. The van der Waals surface area contributed by atoms with Crippen molar-refractivity contribution in [3.05, 3.63) is 33.8 Å². The first-order chi connectivity index (χ1) is 6.63. The molecule has 3 heteroatoms. The summed E-state index contributed by atoms with van der Waals surface area (Å²) in [5.41, 5.74) is 6.61. The van der Waals surface area contributed by atoms with E-state index < -0.39 is 5.67 Å². The third-order valence-corrected chi connectivity index (χ3v) is 3.38. The van der Waals surface area contributed by atoms with Crippen LogP contribution in [-0.2, 0) is 12.8 Å². The van der Waals surface area contributed by atoms with Crippen LogP contribution in [0, 0.1) is 0 Å². The van der Waals surface area contributed by atoms with Crippen molar-refractivity contribution in [3.8, 4) is 0 Å². The van der Waals surface area contributed by atoms with Crippen LogP contribution < -0.4 is 5.73 Å². The molecule has 2 rings (SSSR count). The summed E-state index contributed by atoms with van der Waals surface area (Å²) in [4.78, 5) is 0. The molecule has 14 heavy (non-hydrogen) atoms. The molecule has 0 amide bonds. The number of aryl methyl sites for hydroxylation is 1. The van der Waals surface area contributed by atoms with Crippen molar-refractivity contribution < 1.29 is 4.39 Å². The summed E-state index contributed by atoms with van der Waals surface area (Å²) < 4.78 is 15.0. The maximum Gasteiger partial charge on any atom is 0.127 e. The standard InChI is InChI=1S/C11H13BrFN/c12-10-2-1-8-3-4-11(13,7-14)6-9(8)5-10/h1-2,5H,3-4,6-7,14H2. The molecule has 1 aromatic rings. The quantitative estimate of drug-likeness (QED) is 0.823. The highest BCUT2D eigenvalue weighted by atomic mass is 79.9. The first-order valence-corrected chi connectivity index (χ1v) is 5.59. The molecule has 2 N–H and O–H groups in total. The van der Waals surface area contributed by atoms with Gasteiger partial charge in [0.15, 0.2) is 0 Å². The fourth-order valence-electron chi connectivity index (χ4n) is 1.97. The molecular weight excluding hydrogens is 245 g/mol. The molecule has 1 unspecified atom stereocenters. The fourth-order valence-corrected chi connectivity index (χ4v) is 2.37. The van der Waals surface area contributed by atoms with Gasteiger partial charge in [0.25, 0.3) is 0 Å². The minimum Gasteiger partial charge on any atom is -0.328 e. The SMILES string of the molecule is NCC1(F)CCc2ccc(Br)cc2C1. The second-order valence-corrected chi connectivity index (χ2v) is 4.86. The van der Waals surface area contributed by atoms with Gasteiger partial charge in [0.05, 0.1) is 0 Å². The van der Waals surface area contributed by atoms with Crippen molar-refractivity contribution in [1.29, 1.82) is 0 Å². The van der Waals surface area contributed by atoms with Crippen LogP contribution in [0.5, 0.6) is 0 Å². The third-order valence-electron chi connectivity index (χ3n) is 2.88. The van der Waals surface area contributed by atoms with Gasteiger partial charge in [-0.25, -0.2) is 4.39 Å². The van der Waals surface area contributed by atoms with Crippen molar-refractivity contribution in [2.24, 2.45) is 5.73 Å². The lowest BCUT2D eigenvalue weighted by Crippen LogP contribution is -2.38. The van der Waals surface area contributed by atoms with E-state index in [0.717, 1.165) is 16.5 Å². The van der Waals surface area contributed by atoms with Crippen molar-refractivity contribution in [1.82, 2.24) is 0 Å². The van der Waals surface area contributed by atoms with E-state index in [1.807, 2.05) is 12.1 Å². The number of halogens is 2. The lowest BCUT2D eigenvalue weighted by Gasteiger charge is -2.30. The van der Waals surface area contributed by atoms with Crippen molar-refractivity contribution in [3.63, 3.8) is 0 Å². The molecule has 1 aromatic carbocycles. The molecule has 0 heterocycles. The van der Waals surface area contributed by atoms with Gasteiger partial charge < -0.3 is 5.73 Å². The van der Waals surface area contributed by atoms with E-state index >= 15 is 0 Å². The third kappa shape index (κ3) is 1.84. The fraction of sp³-hybridized carbons (Fsp3) is 0.455. The summed E-state index contributed by atoms with van der Waals surface area (Å²) in [6.07, 6.45) is 1.81. The Morgan fingerprint density at radius 3 is 2.93 bits per heavy atom. The lowest BCUT2D eigenvalue weighted by molar-refractivity contribution is 0.151. The van der Waals surface area contributed by atoms with Crippen LogP contribution in [-0.4, -0.2) is 12.2 Å². The summed E-state index contributed by atoms with van der Waals surface area (Å²) in [7, 11) is 0. The number of rotatable bonds is 1. The number of benzene rings is 1. The first kappa shape index (κ1) is 10.1. The molecule has 0 bridgehead atoms. The maximum absolute atomic E-state index is 14.0. The van der Waals surface area contributed by atoms with Crippen LogP contribution in [0.3, 0.4) is 0 Å². The van der Waals surface area contributed by atoms with Gasteiger partial charge in [-0.1, -0.05) is 22.0 Å². The van der Waals surface area contributed by atoms with Crippen LogP contribution >= 0.6 is 15.9 Å². The van der Waals surface area contributed by atoms with Crippen molar-refractivity contribution in [2.75, 3.05) is 6.54 Å². The number of hydrogen-bond donors (Lipinski definition) is 1. The Labute approximate surface area is 91.6 Å². The second-order valence-electron chi connectivity index (χ2n) is 3.94. The molecule has 0 radical (unpaired) electrons. The van der Waals surface area contributed by atoms with Crippen LogP contribution in [0.2, 0.25) is 0 Å². The van der Waals surface area contributed by atoms with Crippen molar-refractivity contribution >= 4 is 15.9 Å². The van der Waals surface area contributed by atoms with Gasteiger partial charge in [0.1, 0.15) is 5.67 Å². The zero-order chi connectivity index (χ0) is 10.2. The molecule has 0 aromatic heterocycles. The molecule has 0 spiro atoms. The smallest absolute Gasteiger partial charge is 0.127 e. The summed E-state index contributed by atoms with van der Waals surface area (Å²) in [5.74, 6) is 0. The molecule has 1 nitrogen and oxygen atoms in total. The lowest BCUT2D eigenvalue weighted by atomic mass is 9.82. The average molecular weight is 258 g/mol. The number of fused-ring (bicyclic) bond motifs is 1. The highest BCUT2D eigenvalue weighted by Crippen LogP contribution is 2.32. The van der Waals surface area contributed by atoms with Crippen molar-refractivity contribution in [2.45, 2.75) is 24.9 Å². The molecule has 0 aliphatic heterocycles. The van der Waals surface area contributed by atoms with Gasteiger partial charge in [-0.2, -0.15) is 0 Å². The summed E-state index contributed by atoms with van der Waals surface area (Å²) >= 11 is 3.40. The minimum atomic E-state index is -1.19. The van der Waals surface area contributed by atoms with Crippen LogP contribution in [0.4, 0.5) is 4.39 Å². The van der Waals surface area contributed by atoms with Gasteiger partial charge >= 0.3 is 0 Å². The number of alkyl halides is 1. The zero-order valence-electron chi connectivity index (χ0n) is 7.89. The molecule has 1 aliphatic rings. The van der Waals surface area contributed by atoms with Gasteiger partial charge in [0.2, 0.25) is 0 Å². The highest BCUT2D eigenvalue weighted by molar-refractivity contribution is 9.10. The minimum absolute atomic E-state index is 0.124. The van der Waals surface area contributed by atoms with Gasteiger partial charge in [-0.05, 0) is 36.1 Å². The Hall–Kier alpha value is -0.410. The molecule has 0 saturated heterocycles. The zero-order valence-corrected chi connectivity index (χ0v) is 9.48. The van der Waals surface area contributed by atoms with Crippen LogP contribution in [0.1, 0.15) is 17.5 Å². The van der Waals surface area contributed by atoms with Gasteiger partial charge in [-0.3, -0.25) is 0 Å². The Morgan fingerprint density at radius 2 is 2.21 bits per heavy atom. The Morgan fingerprint density at radius 1 is 1.43 bits per heavy atom. The molecule has 0 saturated carbocycles. The van der Waals surface area contributed by atoms with Gasteiger partial charge in [-0.15, -0.1) is 0 Å². The van der Waals surface area contributed by atoms with E-state index in [1.165, 1.54) is 5.56 Å². The molecule has 0 fully saturated rings. The Balaban J connectivity index is 2.33. The largest absolute Gasteiger partial charge is 0.328 e. The Kier molecular flexibility index (Phi) is 2.62. The van der Waals surface area contributed by atoms with E-state index in [-0.39, 0.29) is 6.54 Å². The molecular formula is C11H13BrFN. The van der Waals surface area contributed by atoms with E-state index in [1.54, 1.807) is 0 Å². The van der Waals surface area contributed by atoms with E-state index in [9.17, 15) is 4.39 Å². The van der Waals surface area contributed by atoms with Crippen LogP contribution in [0.25, 0.3) is 0 Å². The van der Waals surface area contributed by atoms with E-state index in [2.05, 4.69) is 22.0 Å². The monoisotopic (exact) mass is 257 g/mol. The predicted molar refractivity (Wildman–Crippen MR) is 59.1 cm³/mol.